The van der Waals surface area contributed by atoms with Gasteiger partial charge in [-0.1, -0.05) is 94.7 Å². The zero-order chi connectivity index (χ0) is 59.0. The third-order valence-electron chi connectivity index (χ3n) is 20.3. The highest BCUT2D eigenvalue weighted by atomic mass is 16.1. The van der Waals surface area contributed by atoms with Gasteiger partial charge in [0.05, 0.1) is 52.0 Å². The highest BCUT2D eigenvalue weighted by Crippen LogP contribution is 2.59. The molecule has 84 heavy (non-hydrogen) atoms. The topological polar surface area (TPSA) is 209 Å². The maximum Gasteiger partial charge on any atom is 0.160 e. The van der Waals surface area contributed by atoms with Gasteiger partial charge in [0.25, 0.3) is 0 Å². The van der Waals surface area contributed by atoms with Gasteiger partial charge in [-0.05, 0) is 148 Å². The number of carbonyl (C=O) groups is 3. The first-order chi connectivity index (χ1) is 40.0. The standard InChI is InChI=1S/3C24H25N3O/c3*1-23(2)11-16-10-18-21(22(27-26-18)15-7-8-15)24(3,20(16)19(28)12-23)17-6-4-5-14(9-17)13-25/h3*4-6,9,15H,7-8,10-12H2,1-3H3,(H,26,27)/t2*24-;/m10./s1. The molecule has 3 aromatic heterocycles. The van der Waals surface area contributed by atoms with Crippen molar-refractivity contribution in [3.63, 3.8) is 0 Å². The molecule has 6 aromatic rings. The molecule has 1 unspecified atom stereocenters. The zero-order valence-electron chi connectivity index (χ0n) is 50.2. The Hall–Kier alpha value is -8.01. The predicted molar refractivity (Wildman–Crippen MR) is 321 cm³/mol. The first-order valence-electron chi connectivity index (χ1n) is 30.5. The van der Waals surface area contributed by atoms with Crippen molar-refractivity contribution >= 4 is 17.3 Å². The van der Waals surface area contributed by atoms with Crippen LogP contribution in [0.2, 0.25) is 0 Å². The average Bonchev–Trinajstić information content (AvgIpc) is 1.49. The fraction of sp³-hybridized carbons (Fsp3) is 0.458. The molecule has 9 aliphatic rings. The molecule has 0 radical (unpaired) electrons. The minimum Gasteiger partial charge on any atom is -0.294 e. The van der Waals surface area contributed by atoms with Crippen molar-refractivity contribution in [1.82, 2.24) is 30.6 Å². The van der Waals surface area contributed by atoms with Crippen LogP contribution in [0.25, 0.3) is 0 Å². The van der Waals surface area contributed by atoms with E-state index >= 15 is 0 Å². The van der Waals surface area contributed by atoms with Crippen LogP contribution in [0.15, 0.2) is 106 Å². The van der Waals surface area contributed by atoms with E-state index in [4.69, 9.17) is 15.3 Å². The van der Waals surface area contributed by atoms with Crippen LogP contribution in [0.5, 0.6) is 0 Å². The number of nitrogens with zero attached hydrogens (tertiary/aromatic N) is 6. The molecule has 3 saturated carbocycles. The molecule has 0 saturated heterocycles. The van der Waals surface area contributed by atoms with E-state index in [1.807, 2.05) is 54.6 Å². The lowest BCUT2D eigenvalue weighted by Crippen LogP contribution is -2.41. The van der Waals surface area contributed by atoms with Gasteiger partial charge in [-0.3, -0.25) is 29.7 Å². The minimum absolute atomic E-state index is 0.0117. The number of Topliss-reactive ketones (excluding diaryl/α,β-unsaturated/α-hetero) is 3. The van der Waals surface area contributed by atoms with E-state index in [-0.39, 0.29) is 33.6 Å². The molecule has 9 aliphatic carbocycles. The monoisotopic (exact) mass is 1110 g/mol. The van der Waals surface area contributed by atoms with Gasteiger partial charge >= 0.3 is 0 Å². The van der Waals surface area contributed by atoms with Crippen LogP contribution in [0.1, 0.15) is 241 Å². The van der Waals surface area contributed by atoms with Gasteiger partial charge in [-0.25, -0.2) is 0 Å². The van der Waals surface area contributed by atoms with Gasteiger partial charge in [-0.2, -0.15) is 31.1 Å². The summed E-state index contributed by atoms with van der Waals surface area (Å²) in [6, 6.07) is 30.1. The molecule has 3 aromatic carbocycles. The minimum atomic E-state index is -0.547. The number of H-pyrrole nitrogens is 3. The molecule has 3 fully saturated rings. The molecule has 3 atom stereocenters. The molecule has 12 nitrogen and oxygen atoms in total. The summed E-state index contributed by atoms with van der Waals surface area (Å²) in [4.78, 5) is 40.4. The van der Waals surface area contributed by atoms with Crippen molar-refractivity contribution in [2.45, 2.75) is 193 Å². The molecule has 12 heteroatoms. The Labute approximate surface area is 493 Å². The number of allylic oxidation sites excluding steroid dienone is 6. The SMILES string of the molecule is CC1(C)CC(=O)C2=C(Cc3[nH]nc(C4CC4)c3C2(C)c2cccc(C#N)c2)C1.CC1(C)CC(=O)C2=C(Cc3[nH]nc(C4CC4)c3[C@@]2(C)c2cccc(C#N)c2)C1.CC1(C)CC(=O)C2=C(Cc3[nH]nc(C4CC4)c3[C@]2(C)c2cccc(C#N)c2)C1. The number of nitrogens with one attached hydrogen (secondary N) is 3. The van der Waals surface area contributed by atoms with Crippen molar-refractivity contribution in [2.75, 3.05) is 0 Å². The van der Waals surface area contributed by atoms with Crippen LogP contribution in [0.3, 0.4) is 0 Å². The number of aromatic nitrogens is 6. The number of hydrogen-bond donors (Lipinski definition) is 3. The van der Waals surface area contributed by atoms with Gasteiger partial charge in [0.2, 0.25) is 0 Å². The van der Waals surface area contributed by atoms with Crippen LogP contribution >= 0.6 is 0 Å². The molecule has 0 bridgehead atoms. The second-order valence-corrected chi connectivity index (χ2v) is 29.0. The number of rotatable bonds is 6. The Bertz CT molecular complexity index is 3650. The van der Waals surface area contributed by atoms with Crippen LogP contribution in [0, 0.1) is 50.2 Å². The lowest BCUT2D eigenvalue weighted by Gasteiger charge is -2.44. The van der Waals surface area contributed by atoms with Crippen molar-refractivity contribution in [1.29, 1.82) is 15.8 Å². The number of nitriles is 3. The fourth-order valence-corrected chi connectivity index (χ4v) is 16.5. The highest BCUT2D eigenvalue weighted by Gasteiger charge is 2.54. The van der Waals surface area contributed by atoms with E-state index in [1.165, 1.54) is 71.9 Å². The molecule has 0 aliphatic heterocycles. The van der Waals surface area contributed by atoms with Gasteiger partial charge in [0.1, 0.15) is 0 Å². The molecule has 426 valence electrons. The summed E-state index contributed by atoms with van der Waals surface area (Å²) in [5, 5.41) is 52.5. The van der Waals surface area contributed by atoms with E-state index < -0.39 is 16.2 Å². The largest absolute Gasteiger partial charge is 0.294 e. The smallest absolute Gasteiger partial charge is 0.160 e. The number of carbonyl (C=O) groups excluding carboxylic acids is 3. The van der Waals surface area contributed by atoms with Crippen molar-refractivity contribution in [3.05, 3.63) is 190 Å². The summed E-state index contributed by atoms with van der Waals surface area (Å²) in [7, 11) is 0. The summed E-state index contributed by atoms with van der Waals surface area (Å²) in [5.41, 5.74) is 20.3. The molecule has 15 rings (SSSR count). The van der Waals surface area contributed by atoms with Crippen molar-refractivity contribution in [3.8, 4) is 18.2 Å². The van der Waals surface area contributed by atoms with Gasteiger partial charge in [0.15, 0.2) is 17.3 Å². The molecule has 0 amide bonds. The van der Waals surface area contributed by atoms with Gasteiger partial charge in [0, 0.05) is 123 Å². The summed E-state index contributed by atoms with van der Waals surface area (Å²) >= 11 is 0. The molecular formula is C72H75N9O3. The van der Waals surface area contributed by atoms with E-state index in [0.29, 0.717) is 53.7 Å². The maximum atomic E-state index is 13.5. The highest BCUT2D eigenvalue weighted by molar-refractivity contribution is 6.03. The molecule has 3 N–H and O–H groups in total. The second kappa shape index (κ2) is 19.5. The Balaban J connectivity index is 0.000000118. The van der Waals surface area contributed by atoms with E-state index in [1.54, 1.807) is 0 Å². The number of benzene rings is 3. The zero-order valence-corrected chi connectivity index (χ0v) is 50.2. The number of fused-ring (bicyclic) bond motifs is 3. The van der Waals surface area contributed by atoms with E-state index in [2.05, 4.69) is 114 Å². The number of aromatic amines is 3. The summed E-state index contributed by atoms with van der Waals surface area (Å²) in [5.74, 6) is 2.25. The molecule has 0 spiro atoms. The fourth-order valence-electron chi connectivity index (χ4n) is 16.5. The summed E-state index contributed by atoms with van der Waals surface area (Å²) in [6.07, 6.45) is 13.9. The molecule has 3 heterocycles. The normalized spacial score (nSPS) is 25.9. The molecular weight excluding hydrogens is 1040 g/mol. The lowest BCUT2D eigenvalue weighted by molar-refractivity contribution is -0.119. The quantitative estimate of drug-likeness (QED) is 0.145. The number of ketones is 3. The summed E-state index contributed by atoms with van der Waals surface area (Å²) < 4.78 is 0. The first-order valence-corrected chi connectivity index (χ1v) is 30.5. The first kappa shape index (κ1) is 55.2. The average molecular weight is 1110 g/mol. The van der Waals surface area contributed by atoms with E-state index in [0.717, 1.165) is 106 Å². The van der Waals surface area contributed by atoms with Crippen LogP contribution in [-0.4, -0.2) is 47.9 Å². The Morgan fingerprint density at radius 1 is 0.405 bits per heavy atom. The Morgan fingerprint density at radius 3 is 0.905 bits per heavy atom. The maximum absolute atomic E-state index is 13.5. The number of hydrogen-bond acceptors (Lipinski definition) is 9. The van der Waals surface area contributed by atoms with Crippen molar-refractivity contribution < 1.29 is 14.4 Å². The predicted octanol–water partition coefficient (Wildman–Crippen LogP) is 14.1. The Kier molecular flexibility index (Phi) is 12.8. The third kappa shape index (κ3) is 9.11. The van der Waals surface area contributed by atoms with Gasteiger partial charge in [-0.15, -0.1) is 0 Å². The third-order valence-corrected chi connectivity index (χ3v) is 20.3. The van der Waals surface area contributed by atoms with Crippen LogP contribution in [-0.2, 0) is 49.9 Å². The van der Waals surface area contributed by atoms with E-state index in [9.17, 15) is 30.2 Å². The van der Waals surface area contributed by atoms with Crippen LogP contribution < -0.4 is 0 Å². The Morgan fingerprint density at radius 2 is 0.667 bits per heavy atom. The van der Waals surface area contributed by atoms with Crippen LogP contribution in [0.4, 0.5) is 0 Å². The second-order valence-electron chi connectivity index (χ2n) is 29.0. The van der Waals surface area contributed by atoms with Crippen molar-refractivity contribution in [2.24, 2.45) is 16.2 Å². The van der Waals surface area contributed by atoms with Gasteiger partial charge < -0.3 is 0 Å². The lowest BCUT2D eigenvalue weighted by atomic mass is 9.58. The summed E-state index contributed by atoms with van der Waals surface area (Å²) in [6.45, 7) is 19.6.